The van der Waals surface area contributed by atoms with Crippen LogP contribution in [0.25, 0.3) is 11.1 Å². The number of carbonyl (C=O) groups is 2. The molecule has 180 valence electrons. The van der Waals surface area contributed by atoms with Gasteiger partial charge in [0.25, 0.3) is 0 Å². The molecule has 1 aliphatic heterocycles. The Morgan fingerprint density at radius 1 is 1.06 bits per heavy atom. The Hall–Kier alpha value is -3.74. The molecule has 5 rings (SSSR count). The predicted octanol–water partition coefficient (Wildman–Crippen LogP) is 4.96. The van der Waals surface area contributed by atoms with E-state index in [1.807, 2.05) is 30.3 Å². The van der Waals surface area contributed by atoms with Crippen molar-refractivity contribution in [3.63, 3.8) is 0 Å². The maximum atomic E-state index is 14.8. The number of ether oxygens (including phenoxy) is 1. The molecule has 1 N–H and O–H groups in total. The van der Waals surface area contributed by atoms with Crippen LogP contribution in [0.3, 0.4) is 0 Å². The minimum atomic E-state index is -0.998. The van der Waals surface area contributed by atoms with Gasteiger partial charge in [-0.1, -0.05) is 36.4 Å². The highest BCUT2D eigenvalue weighted by Crippen LogP contribution is 2.49. The quantitative estimate of drug-likeness (QED) is 0.545. The molecule has 35 heavy (non-hydrogen) atoms. The van der Waals surface area contributed by atoms with E-state index in [-0.39, 0.29) is 42.7 Å². The molecular weight excluding hydrogens is 452 g/mol. The molecule has 0 bridgehead atoms. The Morgan fingerprint density at radius 3 is 2.54 bits per heavy atom. The molecule has 0 radical (unpaired) electrons. The van der Waals surface area contributed by atoms with Crippen LogP contribution >= 0.6 is 0 Å². The van der Waals surface area contributed by atoms with Crippen molar-refractivity contribution in [3.8, 4) is 16.9 Å². The van der Waals surface area contributed by atoms with E-state index in [0.29, 0.717) is 34.5 Å². The molecule has 1 heterocycles. The van der Waals surface area contributed by atoms with E-state index in [4.69, 9.17) is 4.74 Å². The Balaban J connectivity index is 1.49. The molecule has 1 saturated carbocycles. The molecule has 1 aliphatic carbocycles. The summed E-state index contributed by atoms with van der Waals surface area (Å²) in [5.74, 6) is -2.36. The average Bonchev–Trinajstić information content (AvgIpc) is 3.67. The second-order valence-electron chi connectivity index (χ2n) is 9.15. The van der Waals surface area contributed by atoms with Gasteiger partial charge in [0.1, 0.15) is 5.75 Å². The summed E-state index contributed by atoms with van der Waals surface area (Å²) < 4.78 is 34.9. The summed E-state index contributed by atoms with van der Waals surface area (Å²) in [5, 5.41) is 9.20. The summed E-state index contributed by atoms with van der Waals surface area (Å²) in [5.41, 5.74) is 3.33. The fourth-order valence-electron chi connectivity index (χ4n) is 5.12. The van der Waals surface area contributed by atoms with E-state index in [1.54, 1.807) is 23.1 Å². The summed E-state index contributed by atoms with van der Waals surface area (Å²) in [6.45, 7) is 0.477. The number of amides is 1. The third kappa shape index (κ3) is 4.38. The predicted molar refractivity (Wildman–Crippen MR) is 126 cm³/mol. The molecule has 1 amide bonds. The fourth-order valence-corrected chi connectivity index (χ4v) is 5.12. The summed E-state index contributed by atoms with van der Waals surface area (Å²) in [6.07, 6.45) is 0.773. The molecule has 3 aromatic rings. The largest absolute Gasteiger partial charge is 0.496 e. The minimum Gasteiger partial charge on any atom is -0.496 e. The van der Waals surface area contributed by atoms with E-state index in [1.165, 1.54) is 7.11 Å². The van der Waals surface area contributed by atoms with Crippen molar-refractivity contribution in [2.24, 2.45) is 5.92 Å². The first-order valence-corrected chi connectivity index (χ1v) is 11.6. The summed E-state index contributed by atoms with van der Waals surface area (Å²) >= 11 is 0. The third-order valence-corrected chi connectivity index (χ3v) is 6.97. The lowest BCUT2D eigenvalue weighted by Crippen LogP contribution is -2.38. The molecule has 5 nitrogen and oxygen atoms in total. The van der Waals surface area contributed by atoms with Gasteiger partial charge in [-0.15, -0.1) is 0 Å². The Bertz CT molecular complexity index is 1310. The lowest BCUT2D eigenvalue weighted by atomic mass is 9.89. The first-order chi connectivity index (χ1) is 16.9. The molecule has 2 aliphatic rings. The van der Waals surface area contributed by atoms with Gasteiger partial charge in [-0.25, -0.2) is 8.78 Å². The number of methoxy groups -OCH3 is 1. The van der Waals surface area contributed by atoms with Crippen LogP contribution in [0.2, 0.25) is 0 Å². The van der Waals surface area contributed by atoms with Gasteiger partial charge in [-0.2, -0.15) is 0 Å². The van der Waals surface area contributed by atoms with Crippen molar-refractivity contribution in [1.82, 2.24) is 4.90 Å². The molecule has 7 heteroatoms. The summed E-state index contributed by atoms with van der Waals surface area (Å²) in [7, 11) is 1.47. The number of benzene rings is 3. The second-order valence-corrected chi connectivity index (χ2v) is 9.15. The SMILES string of the molecule is COc1ccc(CC(=O)O)cc1-c1cc(F)c(F)c2c1CN(C(=O)[C@@H]1C[C@H]1c1ccccc1)CC2. The third-order valence-electron chi connectivity index (χ3n) is 6.97. The highest BCUT2D eigenvalue weighted by molar-refractivity contribution is 5.84. The highest BCUT2D eigenvalue weighted by Gasteiger charge is 2.46. The van der Waals surface area contributed by atoms with Gasteiger partial charge in [0.2, 0.25) is 5.91 Å². The summed E-state index contributed by atoms with van der Waals surface area (Å²) in [6, 6.07) is 15.9. The number of hydrogen-bond donors (Lipinski definition) is 1. The zero-order valence-electron chi connectivity index (χ0n) is 19.3. The van der Waals surface area contributed by atoms with Crippen LogP contribution in [0.15, 0.2) is 54.6 Å². The standard InChI is InChI=1S/C28H25F2NO4/c1-35-25-8-7-16(12-26(32)33)11-21(25)20-14-24(29)27(30)18-9-10-31(15-23(18)20)28(34)22-13-19(22)17-5-3-2-4-6-17/h2-8,11,14,19,22H,9-10,12-13,15H2,1H3,(H,32,33)/t19-,22+/m0/s1. The molecule has 2 atom stereocenters. The van der Waals surface area contributed by atoms with E-state index >= 15 is 0 Å². The highest BCUT2D eigenvalue weighted by atomic mass is 19.2. The van der Waals surface area contributed by atoms with Crippen molar-refractivity contribution in [2.75, 3.05) is 13.7 Å². The Labute approximate surface area is 202 Å². The van der Waals surface area contributed by atoms with Crippen molar-refractivity contribution in [2.45, 2.75) is 31.7 Å². The van der Waals surface area contributed by atoms with Crippen LogP contribution in [0.4, 0.5) is 8.78 Å². The van der Waals surface area contributed by atoms with Gasteiger partial charge in [0.15, 0.2) is 11.6 Å². The van der Waals surface area contributed by atoms with Crippen LogP contribution in [0.1, 0.15) is 34.6 Å². The number of fused-ring (bicyclic) bond motifs is 1. The average molecular weight is 478 g/mol. The zero-order valence-corrected chi connectivity index (χ0v) is 19.3. The monoisotopic (exact) mass is 477 g/mol. The first kappa shape index (κ1) is 23.0. The van der Waals surface area contributed by atoms with Crippen molar-refractivity contribution in [1.29, 1.82) is 0 Å². The van der Waals surface area contributed by atoms with Crippen LogP contribution in [-0.4, -0.2) is 35.5 Å². The first-order valence-electron chi connectivity index (χ1n) is 11.6. The van der Waals surface area contributed by atoms with Gasteiger partial charge >= 0.3 is 5.97 Å². The Kier molecular flexibility index (Phi) is 6.01. The van der Waals surface area contributed by atoms with E-state index in [0.717, 1.165) is 18.1 Å². The number of aliphatic carboxylic acids is 1. The maximum Gasteiger partial charge on any atom is 0.307 e. The smallest absolute Gasteiger partial charge is 0.307 e. The number of hydrogen-bond acceptors (Lipinski definition) is 3. The number of carboxylic acids is 1. The van der Waals surface area contributed by atoms with Gasteiger partial charge in [0.05, 0.1) is 13.5 Å². The van der Waals surface area contributed by atoms with Crippen LogP contribution < -0.4 is 4.74 Å². The van der Waals surface area contributed by atoms with Gasteiger partial charge in [0, 0.05) is 24.6 Å². The molecule has 3 aromatic carbocycles. The van der Waals surface area contributed by atoms with Gasteiger partial charge in [-0.05, 0) is 64.8 Å². The van der Waals surface area contributed by atoms with Crippen molar-refractivity contribution < 1.29 is 28.2 Å². The number of rotatable bonds is 6. The van der Waals surface area contributed by atoms with Crippen LogP contribution in [0, 0.1) is 17.6 Å². The molecule has 0 aromatic heterocycles. The lowest BCUT2D eigenvalue weighted by Gasteiger charge is -2.31. The van der Waals surface area contributed by atoms with E-state index < -0.39 is 17.6 Å². The fraction of sp³-hybridized carbons (Fsp3) is 0.286. The van der Waals surface area contributed by atoms with Crippen LogP contribution in [0.5, 0.6) is 5.75 Å². The lowest BCUT2D eigenvalue weighted by molar-refractivity contribution is -0.136. The van der Waals surface area contributed by atoms with Crippen LogP contribution in [-0.2, 0) is 29.0 Å². The number of carboxylic acid groups (broad SMARTS) is 1. The molecule has 0 unspecified atom stereocenters. The van der Waals surface area contributed by atoms with Crippen molar-refractivity contribution >= 4 is 11.9 Å². The number of nitrogens with zero attached hydrogens (tertiary/aromatic N) is 1. The number of carbonyl (C=O) groups excluding carboxylic acids is 1. The zero-order chi connectivity index (χ0) is 24.7. The van der Waals surface area contributed by atoms with Gasteiger partial charge < -0.3 is 14.7 Å². The number of halogens is 2. The Morgan fingerprint density at radius 2 is 1.83 bits per heavy atom. The second kappa shape index (κ2) is 9.13. The van der Waals surface area contributed by atoms with E-state index in [2.05, 4.69) is 0 Å². The van der Waals surface area contributed by atoms with Gasteiger partial charge in [-0.3, -0.25) is 9.59 Å². The molecule has 0 spiro atoms. The normalized spacial score (nSPS) is 18.7. The molecule has 1 fully saturated rings. The molecular formula is C28H25F2NO4. The minimum absolute atomic E-state index is 0.0202. The summed E-state index contributed by atoms with van der Waals surface area (Å²) in [4.78, 5) is 26.3. The van der Waals surface area contributed by atoms with E-state index in [9.17, 15) is 23.5 Å². The molecule has 0 saturated heterocycles. The van der Waals surface area contributed by atoms with Crippen molar-refractivity contribution in [3.05, 3.63) is 88.5 Å². The maximum absolute atomic E-state index is 14.8. The topological polar surface area (TPSA) is 66.8 Å².